The topological polar surface area (TPSA) is 74.6 Å². The smallest absolute Gasteiger partial charge is 0.267 e. The zero-order valence-corrected chi connectivity index (χ0v) is 20.2. The van der Waals surface area contributed by atoms with Gasteiger partial charge in [-0.1, -0.05) is 117 Å². The second-order valence-corrected chi connectivity index (χ2v) is 10.6. The van der Waals surface area contributed by atoms with Gasteiger partial charge in [-0.3, -0.25) is 4.55 Å². The molecular formula is C24H50O4S. The quantitative estimate of drug-likeness (QED) is 0.137. The number of hydrogen-bond donors (Lipinski definition) is 2. The van der Waals surface area contributed by atoms with Crippen LogP contribution in [0.3, 0.4) is 0 Å². The molecule has 0 heterocycles. The SMILES string of the molecule is CCCCCCCCCCCCCCCC(O)CCC(CCCCC)S(=O)(=O)O. The maximum Gasteiger partial charge on any atom is 0.267 e. The number of aliphatic hydroxyl groups excluding tert-OH is 1. The minimum Gasteiger partial charge on any atom is -0.393 e. The van der Waals surface area contributed by atoms with E-state index < -0.39 is 21.5 Å². The Morgan fingerprint density at radius 3 is 1.38 bits per heavy atom. The third-order valence-electron chi connectivity index (χ3n) is 6.01. The van der Waals surface area contributed by atoms with Gasteiger partial charge < -0.3 is 5.11 Å². The van der Waals surface area contributed by atoms with Crippen LogP contribution in [0.1, 0.15) is 142 Å². The first kappa shape index (κ1) is 28.9. The van der Waals surface area contributed by atoms with Crippen molar-refractivity contribution in [2.75, 3.05) is 0 Å². The van der Waals surface area contributed by atoms with Crippen molar-refractivity contribution < 1.29 is 18.1 Å². The summed E-state index contributed by atoms with van der Waals surface area (Å²) in [6, 6.07) is 0. The Labute approximate surface area is 182 Å². The first-order valence-electron chi connectivity index (χ1n) is 12.6. The third-order valence-corrected chi connectivity index (χ3v) is 7.33. The van der Waals surface area contributed by atoms with Crippen LogP contribution in [-0.2, 0) is 10.1 Å². The van der Waals surface area contributed by atoms with Crippen LogP contribution < -0.4 is 0 Å². The largest absolute Gasteiger partial charge is 0.393 e. The number of rotatable bonds is 22. The van der Waals surface area contributed by atoms with Crippen LogP contribution in [-0.4, -0.2) is 29.4 Å². The van der Waals surface area contributed by atoms with Gasteiger partial charge in [0, 0.05) is 0 Å². The highest BCUT2D eigenvalue weighted by Crippen LogP contribution is 2.19. The molecule has 0 bridgehead atoms. The highest BCUT2D eigenvalue weighted by Gasteiger charge is 2.23. The van der Waals surface area contributed by atoms with E-state index in [0.717, 1.165) is 38.5 Å². The number of hydrogen-bond acceptors (Lipinski definition) is 3. The Hall–Kier alpha value is -0.130. The molecule has 0 aliphatic heterocycles. The van der Waals surface area contributed by atoms with E-state index in [0.29, 0.717) is 19.3 Å². The summed E-state index contributed by atoms with van der Waals surface area (Å²) in [5.41, 5.74) is 0. The Kier molecular flexibility index (Phi) is 19.7. The Balaban J connectivity index is 3.57. The minimum atomic E-state index is -4.00. The molecule has 29 heavy (non-hydrogen) atoms. The molecule has 2 atom stereocenters. The van der Waals surface area contributed by atoms with Crippen LogP contribution in [0.4, 0.5) is 0 Å². The zero-order valence-electron chi connectivity index (χ0n) is 19.4. The molecule has 0 radical (unpaired) electrons. The molecular weight excluding hydrogens is 384 g/mol. The summed E-state index contributed by atoms with van der Waals surface area (Å²) in [7, 11) is -4.00. The van der Waals surface area contributed by atoms with Crippen LogP contribution in [0.15, 0.2) is 0 Å². The van der Waals surface area contributed by atoms with E-state index >= 15 is 0 Å². The molecule has 0 saturated heterocycles. The van der Waals surface area contributed by atoms with Crippen LogP contribution in [0, 0.1) is 0 Å². The standard InChI is InChI=1S/C24H50O4S/c1-3-5-7-8-9-10-11-12-13-14-15-16-18-19-23(25)21-22-24(29(26,27)28)20-17-6-4-2/h23-25H,3-22H2,1-2H3,(H,26,27,28). The summed E-state index contributed by atoms with van der Waals surface area (Å²) >= 11 is 0. The molecule has 176 valence electrons. The van der Waals surface area contributed by atoms with Crippen molar-refractivity contribution >= 4 is 10.1 Å². The molecule has 0 aliphatic carbocycles. The Bertz CT molecular complexity index is 436. The van der Waals surface area contributed by atoms with E-state index in [4.69, 9.17) is 0 Å². The molecule has 0 saturated carbocycles. The first-order valence-corrected chi connectivity index (χ1v) is 14.1. The van der Waals surface area contributed by atoms with Crippen molar-refractivity contribution in [1.29, 1.82) is 0 Å². The predicted molar refractivity (Wildman–Crippen MR) is 125 cm³/mol. The first-order chi connectivity index (χ1) is 13.9. The highest BCUT2D eigenvalue weighted by molar-refractivity contribution is 7.86. The normalized spacial score (nSPS) is 14.2. The Morgan fingerprint density at radius 2 is 0.931 bits per heavy atom. The summed E-state index contributed by atoms with van der Waals surface area (Å²) in [6.45, 7) is 4.33. The van der Waals surface area contributed by atoms with Crippen molar-refractivity contribution in [3.05, 3.63) is 0 Å². The third kappa shape index (κ3) is 19.6. The van der Waals surface area contributed by atoms with Gasteiger partial charge in [-0.15, -0.1) is 0 Å². The number of aliphatic hydroxyl groups is 1. The fourth-order valence-corrected chi connectivity index (χ4v) is 4.88. The van der Waals surface area contributed by atoms with Crippen molar-refractivity contribution in [2.45, 2.75) is 154 Å². The van der Waals surface area contributed by atoms with Gasteiger partial charge in [0.05, 0.1) is 11.4 Å². The van der Waals surface area contributed by atoms with E-state index in [1.165, 1.54) is 70.6 Å². The molecule has 0 rings (SSSR count). The van der Waals surface area contributed by atoms with Crippen molar-refractivity contribution in [1.82, 2.24) is 0 Å². The highest BCUT2D eigenvalue weighted by atomic mass is 32.2. The minimum absolute atomic E-state index is 0.363. The summed E-state index contributed by atoms with van der Waals surface area (Å²) in [4.78, 5) is 0. The van der Waals surface area contributed by atoms with Gasteiger partial charge in [-0.05, 0) is 25.7 Å². The average molecular weight is 435 g/mol. The summed E-state index contributed by atoms with van der Waals surface area (Å²) < 4.78 is 32.4. The maximum atomic E-state index is 11.5. The molecule has 2 N–H and O–H groups in total. The van der Waals surface area contributed by atoms with Crippen molar-refractivity contribution in [3.63, 3.8) is 0 Å². The fourth-order valence-electron chi connectivity index (χ4n) is 3.98. The molecule has 0 aliphatic rings. The fraction of sp³-hybridized carbons (Fsp3) is 1.00. The predicted octanol–water partition coefficient (Wildman–Crippen LogP) is 7.45. The molecule has 5 heteroatoms. The summed E-state index contributed by atoms with van der Waals surface area (Å²) in [5, 5.41) is 9.42. The van der Waals surface area contributed by atoms with Gasteiger partial charge in [-0.25, -0.2) is 0 Å². The van der Waals surface area contributed by atoms with Gasteiger partial charge in [0.25, 0.3) is 10.1 Å². The van der Waals surface area contributed by atoms with Gasteiger partial charge in [0.2, 0.25) is 0 Å². The van der Waals surface area contributed by atoms with Crippen LogP contribution in [0.5, 0.6) is 0 Å². The van der Waals surface area contributed by atoms with Crippen molar-refractivity contribution in [3.8, 4) is 0 Å². The lowest BCUT2D eigenvalue weighted by Crippen LogP contribution is -2.22. The second kappa shape index (κ2) is 19.8. The molecule has 0 spiro atoms. The molecule has 2 unspecified atom stereocenters. The monoisotopic (exact) mass is 434 g/mol. The van der Waals surface area contributed by atoms with E-state index in [-0.39, 0.29) is 0 Å². The lowest BCUT2D eigenvalue weighted by Gasteiger charge is -2.16. The summed E-state index contributed by atoms with van der Waals surface area (Å²) in [5.74, 6) is 0. The van der Waals surface area contributed by atoms with Gasteiger partial charge in [0.1, 0.15) is 0 Å². The van der Waals surface area contributed by atoms with Gasteiger partial charge in [-0.2, -0.15) is 8.42 Å². The second-order valence-electron chi connectivity index (χ2n) is 8.90. The average Bonchev–Trinajstić information content (AvgIpc) is 2.67. The molecule has 0 fully saturated rings. The lowest BCUT2D eigenvalue weighted by molar-refractivity contribution is 0.147. The van der Waals surface area contributed by atoms with E-state index in [9.17, 15) is 18.1 Å². The maximum absolute atomic E-state index is 11.5. The van der Waals surface area contributed by atoms with Crippen molar-refractivity contribution in [2.24, 2.45) is 0 Å². The van der Waals surface area contributed by atoms with Gasteiger partial charge >= 0.3 is 0 Å². The molecule has 4 nitrogen and oxygen atoms in total. The molecule has 0 aromatic heterocycles. The zero-order chi connectivity index (χ0) is 21.8. The van der Waals surface area contributed by atoms with E-state index in [1.807, 2.05) is 0 Å². The lowest BCUT2D eigenvalue weighted by atomic mass is 10.0. The van der Waals surface area contributed by atoms with Crippen LogP contribution >= 0.6 is 0 Å². The molecule has 0 amide bonds. The van der Waals surface area contributed by atoms with E-state index in [1.54, 1.807) is 0 Å². The number of unbranched alkanes of at least 4 members (excludes halogenated alkanes) is 14. The van der Waals surface area contributed by atoms with Crippen LogP contribution in [0.25, 0.3) is 0 Å². The molecule has 0 aromatic rings. The molecule has 0 aromatic carbocycles. The summed E-state index contributed by atoms with van der Waals surface area (Å²) in [6.07, 6.45) is 21.5. The van der Waals surface area contributed by atoms with Gasteiger partial charge in [0.15, 0.2) is 0 Å². The Morgan fingerprint density at radius 1 is 0.552 bits per heavy atom. The van der Waals surface area contributed by atoms with Crippen LogP contribution in [0.2, 0.25) is 0 Å². The van der Waals surface area contributed by atoms with E-state index in [2.05, 4.69) is 13.8 Å².